The summed E-state index contributed by atoms with van der Waals surface area (Å²) < 4.78 is 0. The van der Waals surface area contributed by atoms with E-state index in [1.165, 1.54) is 21.9 Å². The van der Waals surface area contributed by atoms with Gasteiger partial charge < -0.3 is 9.80 Å². The lowest BCUT2D eigenvalue weighted by atomic mass is 10.0. The van der Waals surface area contributed by atoms with E-state index in [-0.39, 0.29) is 0 Å². The van der Waals surface area contributed by atoms with Gasteiger partial charge in [-0.2, -0.15) is 0 Å². The van der Waals surface area contributed by atoms with Crippen LogP contribution in [-0.4, -0.2) is 42.6 Å². The first kappa shape index (κ1) is 15.2. The molecule has 122 valence electrons. The van der Waals surface area contributed by atoms with E-state index in [2.05, 4.69) is 71.3 Å². The van der Waals surface area contributed by atoms with Gasteiger partial charge in [0.2, 0.25) is 0 Å². The minimum Gasteiger partial charge on any atom is -0.354 e. The Kier molecular flexibility index (Phi) is 4.18. The Bertz CT molecular complexity index is 821. The van der Waals surface area contributed by atoms with Crippen LogP contribution in [0.1, 0.15) is 6.92 Å². The predicted molar refractivity (Wildman–Crippen MR) is 102 cm³/mol. The molecule has 0 amide bonds. The summed E-state index contributed by atoms with van der Waals surface area (Å²) in [5.41, 5.74) is 2.51. The van der Waals surface area contributed by atoms with Gasteiger partial charge in [-0.05, 0) is 35.2 Å². The molecule has 0 saturated carbocycles. The lowest BCUT2D eigenvalue weighted by Gasteiger charge is -2.35. The largest absolute Gasteiger partial charge is 0.354 e. The van der Waals surface area contributed by atoms with E-state index in [9.17, 15) is 0 Å². The van der Waals surface area contributed by atoms with Crippen molar-refractivity contribution in [3.63, 3.8) is 0 Å². The summed E-state index contributed by atoms with van der Waals surface area (Å²) in [5.74, 6) is 1.13. The van der Waals surface area contributed by atoms with Gasteiger partial charge >= 0.3 is 0 Å². The number of piperazine rings is 1. The maximum Gasteiger partial charge on any atom is 0.136 e. The molecule has 1 fully saturated rings. The molecule has 3 nitrogen and oxygen atoms in total. The summed E-state index contributed by atoms with van der Waals surface area (Å²) in [4.78, 5) is 9.65. The molecule has 0 spiro atoms. The topological polar surface area (TPSA) is 19.4 Å². The van der Waals surface area contributed by atoms with Crippen molar-refractivity contribution in [2.24, 2.45) is 0 Å². The quantitative estimate of drug-likeness (QED) is 0.726. The van der Waals surface area contributed by atoms with Crippen LogP contribution < -0.4 is 4.90 Å². The summed E-state index contributed by atoms with van der Waals surface area (Å²) in [6.07, 6.45) is 1.94. The van der Waals surface area contributed by atoms with Crippen molar-refractivity contribution in [3.8, 4) is 11.1 Å². The molecular weight excluding hydrogens is 294 g/mol. The second-order valence-electron chi connectivity index (χ2n) is 6.36. The number of aromatic nitrogens is 1. The van der Waals surface area contributed by atoms with Crippen LogP contribution >= 0.6 is 0 Å². The average molecular weight is 317 g/mol. The number of fused-ring (bicyclic) bond motifs is 1. The summed E-state index contributed by atoms with van der Waals surface area (Å²) in [5, 5.41) is 2.52. The SMILES string of the molecule is CCN1CCN(c2nccc3ccc(-c4ccccc4)cc23)CC1. The number of hydrogen-bond acceptors (Lipinski definition) is 3. The normalized spacial score (nSPS) is 15.8. The van der Waals surface area contributed by atoms with Crippen LogP contribution in [0.4, 0.5) is 5.82 Å². The lowest BCUT2D eigenvalue weighted by Crippen LogP contribution is -2.46. The van der Waals surface area contributed by atoms with Gasteiger partial charge in [-0.15, -0.1) is 0 Å². The third-order valence-corrected chi connectivity index (χ3v) is 4.97. The van der Waals surface area contributed by atoms with E-state index in [0.717, 1.165) is 38.5 Å². The highest BCUT2D eigenvalue weighted by atomic mass is 15.3. The molecule has 3 aromatic rings. The first-order chi connectivity index (χ1) is 11.8. The summed E-state index contributed by atoms with van der Waals surface area (Å²) >= 11 is 0. The standard InChI is InChI=1S/C21H23N3/c1-2-23-12-14-24(15-13-23)21-20-16-19(17-6-4-3-5-7-17)9-8-18(20)10-11-22-21/h3-11,16H,2,12-15H2,1H3. The molecule has 4 rings (SSSR count). The summed E-state index contributed by atoms with van der Waals surface area (Å²) in [7, 11) is 0. The zero-order valence-electron chi connectivity index (χ0n) is 14.2. The molecule has 0 N–H and O–H groups in total. The fraction of sp³-hybridized carbons (Fsp3) is 0.286. The molecule has 24 heavy (non-hydrogen) atoms. The van der Waals surface area contributed by atoms with Crippen molar-refractivity contribution in [2.45, 2.75) is 6.92 Å². The number of anilines is 1. The minimum absolute atomic E-state index is 1.05. The van der Waals surface area contributed by atoms with Crippen LogP contribution in [0.2, 0.25) is 0 Å². The second-order valence-corrected chi connectivity index (χ2v) is 6.36. The molecule has 1 aromatic heterocycles. The van der Waals surface area contributed by atoms with Gasteiger partial charge in [0, 0.05) is 37.8 Å². The predicted octanol–water partition coefficient (Wildman–Crippen LogP) is 4.04. The van der Waals surface area contributed by atoms with E-state index in [0.29, 0.717) is 0 Å². The highest BCUT2D eigenvalue weighted by Crippen LogP contribution is 2.30. The Morgan fingerprint density at radius 3 is 2.42 bits per heavy atom. The first-order valence-electron chi connectivity index (χ1n) is 8.76. The molecule has 2 heterocycles. The second kappa shape index (κ2) is 6.62. The molecule has 3 heteroatoms. The molecule has 0 radical (unpaired) electrons. The zero-order chi connectivity index (χ0) is 16.4. The Morgan fingerprint density at radius 2 is 1.67 bits per heavy atom. The van der Waals surface area contributed by atoms with E-state index in [1.807, 2.05) is 6.20 Å². The number of benzene rings is 2. The van der Waals surface area contributed by atoms with Gasteiger partial charge in [-0.25, -0.2) is 4.98 Å². The lowest BCUT2D eigenvalue weighted by molar-refractivity contribution is 0.271. The molecule has 1 aliphatic heterocycles. The Hall–Kier alpha value is -2.39. The highest BCUT2D eigenvalue weighted by Gasteiger charge is 2.18. The Labute approximate surface area is 143 Å². The van der Waals surface area contributed by atoms with Gasteiger partial charge in [0.25, 0.3) is 0 Å². The summed E-state index contributed by atoms with van der Waals surface area (Å²) in [6.45, 7) is 7.71. The number of hydrogen-bond donors (Lipinski definition) is 0. The smallest absolute Gasteiger partial charge is 0.136 e. The van der Waals surface area contributed by atoms with Gasteiger partial charge in [0.05, 0.1) is 0 Å². The molecule has 1 saturated heterocycles. The first-order valence-corrected chi connectivity index (χ1v) is 8.76. The van der Waals surface area contributed by atoms with Crippen molar-refractivity contribution >= 4 is 16.6 Å². The van der Waals surface area contributed by atoms with Crippen molar-refractivity contribution in [3.05, 3.63) is 60.8 Å². The fourth-order valence-corrected chi connectivity index (χ4v) is 3.49. The van der Waals surface area contributed by atoms with Crippen molar-refractivity contribution in [1.29, 1.82) is 0 Å². The van der Waals surface area contributed by atoms with Gasteiger partial charge in [0.1, 0.15) is 5.82 Å². The van der Waals surface area contributed by atoms with Gasteiger partial charge in [-0.3, -0.25) is 0 Å². The zero-order valence-corrected chi connectivity index (χ0v) is 14.2. The monoisotopic (exact) mass is 317 g/mol. The van der Waals surface area contributed by atoms with Crippen molar-refractivity contribution in [1.82, 2.24) is 9.88 Å². The highest BCUT2D eigenvalue weighted by molar-refractivity contribution is 5.95. The molecular formula is C21H23N3. The molecule has 2 aromatic carbocycles. The van der Waals surface area contributed by atoms with E-state index >= 15 is 0 Å². The van der Waals surface area contributed by atoms with Crippen molar-refractivity contribution < 1.29 is 0 Å². The van der Waals surface area contributed by atoms with Gasteiger partial charge in [0.15, 0.2) is 0 Å². The Balaban J connectivity index is 1.73. The fourth-order valence-electron chi connectivity index (χ4n) is 3.49. The number of pyridine rings is 1. The number of likely N-dealkylation sites (N-methyl/N-ethyl adjacent to an activating group) is 1. The summed E-state index contributed by atoms with van der Waals surface area (Å²) in [6, 6.07) is 19.4. The minimum atomic E-state index is 1.05. The van der Waals surface area contributed by atoms with Crippen LogP contribution in [0, 0.1) is 0 Å². The van der Waals surface area contributed by atoms with E-state index in [1.54, 1.807) is 0 Å². The maximum absolute atomic E-state index is 4.72. The third kappa shape index (κ3) is 2.87. The molecule has 0 atom stereocenters. The number of rotatable bonds is 3. The van der Waals surface area contributed by atoms with E-state index < -0.39 is 0 Å². The average Bonchev–Trinajstić information content (AvgIpc) is 2.68. The molecule has 0 unspecified atom stereocenters. The van der Waals surface area contributed by atoms with Crippen LogP contribution in [-0.2, 0) is 0 Å². The van der Waals surface area contributed by atoms with Crippen LogP contribution in [0.15, 0.2) is 60.8 Å². The maximum atomic E-state index is 4.72. The molecule has 0 aliphatic carbocycles. The van der Waals surface area contributed by atoms with Crippen molar-refractivity contribution in [2.75, 3.05) is 37.6 Å². The molecule has 0 bridgehead atoms. The van der Waals surface area contributed by atoms with Crippen LogP contribution in [0.5, 0.6) is 0 Å². The van der Waals surface area contributed by atoms with Crippen LogP contribution in [0.25, 0.3) is 21.9 Å². The Morgan fingerprint density at radius 1 is 0.875 bits per heavy atom. The molecule has 1 aliphatic rings. The third-order valence-electron chi connectivity index (χ3n) is 4.97. The van der Waals surface area contributed by atoms with Crippen LogP contribution in [0.3, 0.4) is 0 Å². The number of nitrogens with zero attached hydrogens (tertiary/aromatic N) is 3. The van der Waals surface area contributed by atoms with Gasteiger partial charge in [-0.1, -0.05) is 49.4 Å². The van der Waals surface area contributed by atoms with E-state index in [4.69, 9.17) is 4.98 Å².